The molecule has 0 bridgehead atoms. The average molecular weight is 306 g/mol. The van der Waals surface area contributed by atoms with Gasteiger partial charge >= 0.3 is 0 Å². The first-order chi connectivity index (χ1) is 9.94. The first-order valence-corrected chi connectivity index (χ1v) is 7.96. The van der Waals surface area contributed by atoms with Gasteiger partial charge in [-0.1, -0.05) is 0 Å². The Kier molecular flexibility index (Phi) is 4.59. The number of aromatic nitrogens is 1. The monoisotopic (exact) mass is 306 g/mol. The fraction of sp³-hybridized carbons (Fsp3) is 0.267. The zero-order chi connectivity index (χ0) is 15.5. The van der Waals surface area contributed by atoms with Crippen molar-refractivity contribution in [2.75, 3.05) is 7.11 Å². The lowest BCUT2D eigenvalue weighted by Gasteiger charge is -2.13. The molecule has 6 heteroatoms. The van der Waals surface area contributed by atoms with Crippen LogP contribution in [0.1, 0.15) is 16.7 Å². The molecule has 5 nitrogen and oxygen atoms in total. The van der Waals surface area contributed by atoms with E-state index < -0.39 is 10.0 Å². The van der Waals surface area contributed by atoms with Crippen LogP contribution in [0.2, 0.25) is 0 Å². The zero-order valence-electron chi connectivity index (χ0n) is 12.3. The van der Waals surface area contributed by atoms with Crippen LogP contribution in [0.15, 0.2) is 41.6 Å². The highest BCUT2D eigenvalue weighted by Gasteiger charge is 2.20. The highest BCUT2D eigenvalue weighted by molar-refractivity contribution is 7.89. The second-order valence-electron chi connectivity index (χ2n) is 4.77. The minimum atomic E-state index is -3.57. The molecule has 21 heavy (non-hydrogen) atoms. The highest BCUT2D eigenvalue weighted by Crippen LogP contribution is 2.25. The summed E-state index contributed by atoms with van der Waals surface area (Å²) in [5, 5.41) is 0. The van der Waals surface area contributed by atoms with E-state index in [1.54, 1.807) is 57.6 Å². The number of nitrogens with zero attached hydrogens (tertiary/aromatic N) is 1. The van der Waals surface area contributed by atoms with Crippen molar-refractivity contribution in [1.82, 2.24) is 9.71 Å². The molecule has 1 N–H and O–H groups in total. The van der Waals surface area contributed by atoms with Crippen molar-refractivity contribution >= 4 is 10.0 Å². The maximum atomic E-state index is 12.5. The highest BCUT2D eigenvalue weighted by atomic mass is 32.2. The van der Waals surface area contributed by atoms with E-state index in [0.29, 0.717) is 21.8 Å². The predicted octanol–water partition coefficient (Wildman–Crippen LogP) is 2.19. The summed E-state index contributed by atoms with van der Waals surface area (Å²) in [5.41, 5.74) is 2.18. The van der Waals surface area contributed by atoms with Gasteiger partial charge in [-0.3, -0.25) is 4.98 Å². The van der Waals surface area contributed by atoms with Crippen molar-refractivity contribution in [3.63, 3.8) is 0 Å². The number of aryl methyl sites for hydroxylation is 2. The number of hydrogen-bond donors (Lipinski definition) is 1. The van der Waals surface area contributed by atoms with Crippen molar-refractivity contribution < 1.29 is 13.2 Å². The van der Waals surface area contributed by atoms with Crippen LogP contribution in [-0.2, 0) is 16.6 Å². The van der Waals surface area contributed by atoms with Gasteiger partial charge in [-0.05, 0) is 54.8 Å². The molecule has 0 radical (unpaired) electrons. The molecule has 0 spiro atoms. The van der Waals surface area contributed by atoms with Crippen molar-refractivity contribution in [3.8, 4) is 5.75 Å². The third kappa shape index (κ3) is 3.59. The summed E-state index contributed by atoms with van der Waals surface area (Å²) in [6, 6.07) is 6.98. The summed E-state index contributed by atoms with van der Waals surface area (Å²) < 4.78 is 32.7. The molecular formula is C15H18N2O3S. The molecule has 1 aromatic carbocycles. The summed E-state index contributed by atoms with van der Waals surface area (Å²) >= 11 is 0. The minimum Gasteiger partial charge on any atom is -0.497 e. The van der Waals surface area contributed by atoms with Crippen LogP contribution in [0, 0.1) is 13.8 Å². The number of nitrogens with one attached hydrogen (secondary N) is 1. The van der Waals surface area contributed by atoms with Crippen LogP contribution in [0.5, 0.6) is 5.75 Å². The number of methoxy groups -OCH3 is 1. The maximum Gasteiger partial charge on any atom is 0.241 e. The SMILES string of the molecule is COc1cc(C)c(S(=O)(=O)NCc2ccncc2)c(C)c1. The van der Waals surface area contributed by atoms with Crippen molar-refractivity contribution in [1.29, 1.82) is 0 Å². The topological polar surface area (TPSA) is 68.3 Å². The molecular weight excluding hydrogens is 288 g/mol. The van der Waals surface area contributed by atoms with Crippen LogP contribution in [0.3, 0.4) is 0 Å². The molecule has 0 saturated carbocycles. The molecule has 2 rings (SSSR count). The lowest BCUT2D eigenvalue weighted by atomic mass is 10.1. The summed E-state index contributed by atoms with van der Waals surface area (Å²) in [5.74, 6) is 0.651. The van der Waals surface area contributed by atoms with Crippen LogP contribution < -0.4 is 9.46 Å². The number of benzene rings is 1. The van der Waals surface area contributed by atoms with Crippen LogP contribution >= 0.6 is 0 Å². The van der Waals surface area contributed by atoms with Gasteiger partial charge in [0.1, 0.15) is 5.75 Å². The third-order valence-electron chi connectivity index (χ3n) is 3.15. The number of pyridine rings is 1. The number of ether oxygens (including phenoxy) is 1. The fourth-order valence-electron chi connectivity index (χ4n) is 2.20. The van der Waals surface area contributed by atoms with Gasteiger partial charge in [0.25, 0.3) is 0 Å². The molecule has 0 aliphatic rings. The molecule has 1 aromatic heterocycles. The molecule has 0 unspecified atom stereocenters. The van der Waals surface area contributed by atoms with Crippen molar-refractivity contribution in [3.05, 3.63) is 53.3 Å². The van der Waals surface area contributed by atoms with E-state index in [1.165, 1.54) is 0 Å². The molecule has 0 saturated heterocycles. The predicted molar refractivity (Wildman–Crippen MR) is 80.7 cm³/mol. The van der Waals surface area contributed by atoms with Crippen LogP contribution in [0.4, 0.5) is 0 Å². The lowest BCUT2D eigenvalue weighted by molar-refractivity contribution is 0.413. The van der Waals surface area contributed by atoms with Gasteiger partial charge in [0, 0.05) is 18.9 Å². The van der Waals surface area contributed by atoms with E-state index in [2.05, 4.69) is 9.71 Å². The summed E-state index contributed by atoms with van der Waals surface area (Å²) in [6.07, 6.45) is 3.26. The smallest absolute Gasteiger partial charge is 0.241 e. The minimum absolute atomic E-state index is 0.232. The maximum absolute atomic E-state index is 12.5. The van der Waals surface area contributed by atoms with E-state index in [1.807, 2.05) is 0 Å². The van der Waals surface area contributed by atoms with Gasteiger partial charge in [-0.2, -0.15) is 0 Å². The molecule has 0 amide bonds. The first-order valence-electron chi connectivity index (χ1n) is 6.48. The Morgan fingerprint density at radius 2 is 1.71 bits per heavy atom. The van der Waals surface area contributed by atoms with E-state index in [9.17, 15) is 8.42 Å². The Hall–Kier alpha value is -1.92. The van der Waals surface area contributed by atoms with Gasteiger partial charge in [0.2, 0.25) is 10.0 Å². The fourth-order valence-corrected chi connectivity index (χ4v) is 3.67. The number of rotatable bonds is 5. The summed E-state index contributed by atoms with van der Waals surface area (Å²) in [7, 11) is -2.01. The van der Waals surface area contributed by atoms with Gasteiger partial charge in [-0.15, -0.1) is 0 Å². The van der Waals surface area contributed by atoms with Crippen molar-refractivity contribution in [2.45, 2.75) is 25.3 Å². The Bertz CT molecular complexity index is 705. The normalized spacial score (nSPS) is 11.4. The quantitative estimate of drug-likeness (QED) is 0.919. The van der Waals surface area contributed by atoms with Crippen LogP contribution in [0.25, 0.3) is 0 Å². The number of hydrogen-bond acceptors (Lipinski definition) is 4. The Morgan fingerprint density at radius 3 is 2.24 bits per heavy atom. The van der Waals surface area contributed by atoms with Crippen molar-refractivity contribution in [2.24, 2.45) is 0 Å². The molecule has 0 fully saturated rings. The lowest BCUT2D eigenvalue weighted by Crippen LogP contribution is -2.24. The summed E-state index contributed by atoms with van der Waals surface area (Å²) in [4.78, 5) is 4.21. The molecule has 2 aromatic rings. The molecule has 0 atom stereocenters. The van der Waals surface area contributed by atoms with Gasteiger partial charge in [-0.25, -0.2) is 13.1 Å². The molecule has 112 valence electrons. The van der Waals surface area contributed by atoms with Gasteiger partial charge in [0.05, 0.1) is 12.0 Å². The van der Waals surface area contributed by atoms with Crippen LogP contribution in [-0.4, -0.2) is 20.5 Å². The van der Waals surface area contributed by atoms with E-state index in [0.717, 1.165) is 5.56 Å². The standard InChI is InChI=1S/C15H18N2O3S/c1-11-8-14(20-3)9-12(2)15(11)21(18,19)17-10-13-4-6-16-7-5-13/h4-9,17H,10H2,1-3H3. The third-order valence-corrected chi connectivity index (χ3v) is 4.86. The van der Waals surface area contributed by atoms with E-state index >= 15 is 0 Å². The van der Waals surface area contributed by atoms with E-state index in [-0.39, 0.29) is 6.54 Å². The Morgan fingerprint density at radius 1 is 1.14 bits per heavy atom. The Labute approximate surface area is 125 Å². The molecule has 0 aliphatic heterocycles. The number of sulfonamides is 1. The first kappa shape index (κ1) is 15.5. The summed E-state index contributed by atoms with van der Waals surface area (Å²) in [6.45, 7) is 3.75. The van der Waals surface area contributed by atoms with E-state index in [4.69, 9.17) is 4.74 Å². The zero-order valence-corrected chi connectivity index (χ0v) is 13.1. The van der Waals surface area contributed by atoms with Gasteiger partial charge in [0.15, 0.2) is 0 Å². The molecule has 1 heterocycles. The Balaban J connectivity index is 2.28. The van der Waals surface area contributed by atoms with Gasteiger partial charge < -0.3 is 4.74 Å². The average Bonchev–Trinajstić information content (AvgIpc) is 2.45. The molecule has 0 aliphatic carbocycles. The second kappa shape index (κ2) is 6.24. The largest absolute Gasteiger partial charge is 0.497 e. The second-order valence-corrected chi connectivity index (χ2v) is 6.47.